The summed E-state index contributed by atoms with van der Waals surface area (Å²) in [6, 6.07) is 19.2. The van der Waals surface area contributed by atoms with Gasteiger partial charge in [0, 0.05) is 11.5 Å². The van der Waals surface area contributed by atoms with Crippen LogP contribution >= 0.6 is 12.4 Å². The second-order valence-electron chi connectivity index (χ2n) is 7.59. The largest absolute Gasteiger partial charge is 0.306 e. The summed E-state index contributed by atoms with van der Waals surface area (Å²) in [5.74, 6) is 0. The highest BCUT2D eigenvalue weighted by atomic mass is 35.5. The monoisotopic (exact) mass is 341 g/mol. The van der Waals surface area contributed by atoms with Gasteiger partial charge >= 0.3 is 0 Å². The number of halogens is 1. The normalized spacial score (nSPS) is 19.3. The van der Waals surface area contributed by atoms with E-state index in [4.69, 9.17) is 0 Å². The first-order valence-corrected chi connectivity index (χ1v) is 9.04. The van der Waals surface area contributed by atoms with Crippen LogP contribution in [0.3, 0.4) is 0 Å². The Morgan fingerprint density at radius 1 is 0.792 bits per heavy atom. The van der Waals surface area contributed by atoms with E-state index in [0.29, 0.717) is 0 Å². The molecule has 0 N–H and O–H groups in total. The maximum atomic E-state index is 2.42. The Morgan fingerprint density at radius 2 is 1.25 bits per heavy atom. The average Bonchev–Trinajstić information content (AvgIpc) is 2.72. The van der Waals surface area contributed by atoms with E-state index in [1.807, 2.05) is 0 Å². The lowest BCUT2D eigenvalue weighted by Crippen LogP contribution is -2.40. The van der Waals surface area contributed by atoms with E-state index in [2.05, 4.69) is 67.5 Å². The molecule has 2 aromatic carbocycles. The van der Waals surface area contributed by atoms with Crippen LogP contribution in [0.1, 0.15) is 47.9 Å². The van der Waals surface area contributed by atoms with E-state index in [0.717, 1.165) is 6.04 Å². The zero-order valence-corrected chi connectivity index (χ0v) is 15.6. The third-order valence-electron chi connectivity index (χ3n) is 6.27. The first-order valence-electron chi connectivity index (χ1n) is 9.04. The van der Waals surface area contributed by atoms with E-state index in [-0.39, 0.29) is 17.8 Å². The summed E-state index contributed by atoms with van der Waals surface area (Å²) >= 11 is 0. The molecule has 0 bridgehead atoms. The highest BCUT2D eigenvalue weighted by molar-refractivity contribution is 5.85. The smallest absolute Gasteiger partial charge is 0.0209 e. The fourth-order valence-corrected chi connectivity index (χ4v) is 4.98. The van der Waals surface area contributed by atoms with Crippen molar-refractivity contribution in [3.63, 3.8) is 0 Å². The highest BCUT2D eigenvalue weighted by Gasteiger charge is 2.42. The molecule has 2 aliphatic rings. The van der Waals surface area contributed by atoms with Gasteiger partial charge in [0.25, 0.3) is 0 Å². The number of hydrogen-bond acceptors (Lipinski definition) is 1. The van der Waals surface area contributed by atoms with Gasteiger partial charge in [-0.3, -0.25) is 0 Å². The first-order chi connectivity index (χ1) is 11.2. The number of hydrogen-bond donors (Lipinski definition) is 0. The molecular weight excluding hydrogens is 314 g/mol. The Balaban J connectivity index is 0.00000169. The fraction of sp³-hybridized carbons (Fsp3) is 0.455. The molecule has 2 aromatic rings. The fourth-order valence-electron chi connectivity index (χ4n) is 4.98. The van der Waals surface area contributed by atoms with Crippen LogP contribution < -0.4 is 0 Å². The summed E-state index contributed by atoms with van der Waals surface area (Å²) < 4.78 is 0. The lowest BCUT2D eigenvalue weighted by Gasteiger charge is -2.44. The maximum Gasteiger partial charge on any atom is 0.0209 e. The first kappa shape index (κ1) is 17.5. The average molecular weight is 342 g/mol. The van der Waals surface area contributed by atoms with Gasteiger partial charge in [0.15, 0.2) is 0 Å². The van der Waals surface area contributed by atoms with Crippen LogP contribution in [0, 0.1) is 0 Å². The van der Waals surface area contributed by atoms with E-state index in [1.54, 1.807) is 22.3 Å². The molecule has 0 unspecified atom stereocenters. The van der Waals surface area contributed by atoms with Gasteiger partial charge in [-0.1, -0.05) is 48.5 Å². The summed E-state index contributed by atoms with van der Waals surface area (Å²) in [6.07, 6.45) is 7.54. The van der Waals surface area contributed by atoms with Crippen molar-refractivity contribution >= 4 is 12.4 Å². The van der Waals surface area contributed by atoms with Crippen LogP contribution in [-0.4, -0.2) is 25.0 Å². The van der Waals surface area contributed by atoms with Crippen molar-refractivity contribution in [2.24, 2.45) is 0 Å². The van der Waals surface area contributed by atoms with Gasteiger partial charge in [-0.15, -0.1) is 12.4 Å². The van der Waals surface area contributed by atoms with Crippen molar-refractivity contribution in [2.45, 2.75) is 50.0 Å². The third-order valence-corrected chi connectivity index (χ3v) is 6.27. The predicted octanol–water partition coefficient (Wildman–Crippen LogP) is 5.00. The van der Waals surface area contributed by atoms with E-state index >= 15 is 0 Å². The van der Waals surface area contributed by atoms with Gasteiger partial charge in [0.05, 0.1) is 0 Å². The minimum Gasteiger partial charge on any atom is -0.306 e. The van der Waals surface area contributed by atoms with Crippen LogP contribution in [0.2, 0.25) is 0 Å². The Bertz CT molecular complexity index is 649. The van der Waals surface area contributed by atoms with Gasteiger partial charge in [0.1, 0.15) is 0 Å². The lowest BCUT2D eigenvalue weighted by atomic mass is 9.63. The number of fused-ring (bicyclic) bond motifs is 4. The molecule has 0 atom stereocenters. The lowest BCUT2D eigenvalue weighted by molar-refractivity contribution is 0.189. The standard InChI is InChI=1S/C22H27N.ClH/c1-23(2)19-13-15-22(16-14-19)20-9-5-3-7-17(20)11-12-18-8-4-6-10-21(18)22;/h3-10,19H,11-16H2,1-2H3;1H. The summed E-state index contributed by atoms with van der Waals surface area (Å²) in [5, 5.41) is 0. The summed E-state index contributed by atoms with van der Waals surface area (Å²) in [4.78, 5) is 2.42. The molecule has 0 amide bonds. The highest BCUT2D eigenvalue weighted by Crippen LogP contribution is 2.49. The zero-order valence-electron chi connectivity index (χ0n) is 14.8. The van der Waals surface area contributed by atoms with E-state index < -0.39 is 0 Å². The van der Waals surface area contributed by atoms with Crippen molar-refractivity contribution in [1.82, 2.24) is 4.90 Å². The zero-order chi connectivity index (χ0) is 15.9. The SMILES string of the molecule is CN(C)C1CCC2(CC1)c1ccccc1CCc1ccccc12.Cl. The molecular formula is C22H28ClN. The molecule has 2 aliphatic carbocycles. The number of benzene rings is 2. The number of nitrogens with zero attached hydrogens (tertiary/aromatic N) is 1. The minimum absolute atomic E-state index is 0. The molecule has 1 spiro atoms. The van der Waals surface area contributed by atoms with E-state index in [1.165, 1.54) is 38.5 Å². The molecule has 2 heteroatoms. The molecule has 0 radical (unpaired) electrons. The quantitative estimate of drug-likeness (QED) is 0.705. The van der Waals surface area contributed by atoms with Gasteiger partial charge in [-0.05, 0) is 74.9 Å². The molecule has 0 saturated heterocycles. The van der Waals surface area contributed by atoms with Crippen LogP contribution in [0.25, 0.3) is 0 Å². The molecule has 1 nitrogen and oxygen atoms in total. The molecule has 1 fully saturated rings. The third kappa shape index (κ3) is 2.78. The number of rotatable bonds is 1. The van der Waals surface area contributed by atoms with Gasteiger partial charge < -0.3 is 4.90 Å². The molecule has 0 aliphatic heterocycles. The van der Waals surface area contributed by atoms with Crippen LogP contribution in [0.5, 0.6) is 0 Å². The van der Waals surface area contributed by atoms with Gasteiger partial charge in [-0.2, -0.15) is 0 Å². The van der Waals surface area contributed by atoms with Crippen molar-refractivity contribution in [1.29, 1.82) is 0 Å². The van der Waals surface area contributed by atoms with Gasteiger partial charge in [0.2, 0.25) is 0 Å². The number of aryl methyl sites for hydroxylation is 2. The Hall–Kier alpha value is -1.31. The van der Waals surface area contributed by atoms with Crippen molar-refractivity contribution in [2.75, 3.05) is 14.1 Å². The predicted molar refractivity (Wildman–Crippen MR) is 104 cm³/mol. The molecule has 24 heavy (non-hydrogen) atoms. The topological polar surface area (TPSA) is 3.24 Å². The summed E-state index contributed by atoms with van der Waals surface area (Å²) in [5.41, 5.74) is 6.62. The molecule has 0 aromatic heterocycles. The summed E-state index contributed by atoms with van der Waals surface area (Å²) in [7, 11) is 4.47. The second kappa shape index (κ2) is 6.90. The Labute approximate surface area is 152 Å². The molecule has 1 saturated carbocycles. The van der Waals surface area contributed by atoms with Gasteiger partial charge in [-0.25, -0.2) is 0 Å². The summed E-state index contributed by atoms with van der Waals surface area (Å²) in [6.45, 7) is 0. The minimum atomic E-state index is 0. The molecule has 4 rings (SSSR count). The molecule has 0 heterocycles. The second-order valence-corrected chi connectivity index (χ2v) is 7.59. The van der Waals surface area contributed by atoms with E-state index in [9.17, 15) is 0 Å². The van der Waals surface area contributed by atoms with Crippen LogP contribution in [0.15, 0.2) is 48.5 Å². The van der Waals surface area contributed by atoms with Crippen molar-refractivity contribution in [3.05, 3.63) is 70.8 Å². The van der Waals surface area contributed by atoms with Crippen LogP contribution in [0.4, 0.5) is 0 Å². The molecule has 128 valence electrons. The Kier molecular flexibility index (Phi) is 5.03. The van der Waals surface area contributed by atoms with Crippen molar-refractivity contribution in [3.8, 4) is 0 Å². The van der Waals surface area contributed by atoms with Crippen LogP contribution in [-0.2, 0) is 18.3 Å². The maximum absolute atomic E-state index is 2.42. The van der Waals surface area contributed by atoms with Crippen molar-refractivity contribution < 1.29 is 0 Å². The Morgan fingerprint density at radius 3 is 1.71 bits per heavy atom.